The van der Waals surface area contributed by atoms with Crippen molar-refractivity contribution in [1.29, 1.82) is 0 Å². The molecule has 19 heavy (non-hydrogen) atoms. The summed E-state index contributed by atoms with van der Waals surface area (Å²) in [6, 6.07) is 6.06. The molecule has 3 rings (SSSR count). The zero-order valence-corrected chi connectivity index (χ0v) is 11.4. The van der Waals surface area contributed by atoms with E-state index in [1.165, 1.54) is 5.56 Å². The van der Waals surface area contributed by atoms with E-state index in [4.69, 9.17) is 19.9 Å². The van der Waals surface area contributed by atoms with Crippen molar-refractivity contribution < 1.29 is 14.2 Å². The fourth-order valence-corrected chi connectivity index (χ4v) is 3.13. The Balaban J connectivity index is 1.94. The van der Waals surface area contributed by atoms with Gasteiger partial charge in [0.2, 0.25) is 0 Å². The normalized spacial score (nSPS) is 22.6. The standard InChI is InChI=1S/C15H21NO3/c1-17-15(6-9-18-10-7-15)14(16)12-4-2-3-11-5-8-19-13(11)12/h2-4,14H,5-10,16H2,1H3. The van der Waals surface area contributed by atoms with Gasteiger partial charge in [-0.3, -0.25) is 0 Å². The first kappa shape index (κ1) is 12.9. The zero-order valence-electron chi connectivity index (χ0n) is 11.4. The van der Waals surface area contributed by atoms with Crippen LogP contribution in [0.4, 0.5) is 0 Å². The van der Waals surface area contributed by atoms with Gasteiger partial charge in [-0.25, -0.2) is 0 Å². The average Bonchev–Trinajstić information content (AvgIpc) is 2.95. The average molecular weight is 263 g/mol. The molecular formula is C15H21NO3. The lowest BCUT2D eigenvalue weighted by Crippen LogP contribution is -2.47. The Hall–Kier alpha value is -1.10. The van der Waals surface area contributed by atoms with Gasteiger partial charge in [-0.15, -0.1) is 0 Å². The van der Waals surface area contributed by atoms with Crippen LogP contribution >= 0.6 is 0 Å². The van der Waals surface area contributed by atoms with Gasteiger partial charge in [-0.2, -0.15) is 0 Å². The second-order valence-corrected chi connectivity index (χ2v) is 5.29. The summed E-state index contributed by atoms with van der Waals surface area (Å²) >= 11 is 0. The van der Waals surface area contributed by atoms with Gasteiger partial charge < -0.3 is 19.9 Å². The van der Waals surface area contributed by atoms with Crippen molar-refractivity contribution in [2.24, 2.45) is 5.73 Å². The highest BCUT2D eigenvalue weighted by Crippen LogP contribution is 2.41. The number of ether oxygens (including phenoxy) is 3. The highest BCUT2D eigenvalue weighted by atomic mass is 16.5. The lowest BCUT2D eigenvalue weighted by Gasteiger charge is -2.41. The third kappa shape index (κ3) is 2.14. The summed E-state index contributed by atoms with van der Waals surface area (Å²) in [4.78, 5) is 0. The molecule has 1 saturated heterocycles. The lowest BCUT2D eigenvalue weighted by molar-refractivity contribution is -0.105. The predicted octanol–water partition coefficient (Wildman–Crippen LogP) is 1.82. The molecule has 4 nitrogen and oxygen atoms in total. The molecule has 1 unspecified atom stereocenters. The van der Waals surface area contributed by atoms with Crippen molar-refractivity contribution in [3.05, 3.63) is 29.3 Å². The first-order valence-corrected chi connectivity index (χ1v) is 6.90. The van der Waals surface area contributed by atoms with Crippen LogP contribution < -0.4 is 10.5 Å². The van der Waals surface area contributed by atoms with Crippen molar-refractivity contribution >= 4 is 0 Å². The molecule has 0 bridgehead atoms. The molecule has 1 aromatic carbocycles. The summed E-state index contributed by atoms with van der Waals surface area (Å²) in [6.07, 6.45) is 2.63. The van der Waals surface area contributed by atoms with Gasteiger partial charge in [0, 0.05) is 45.1 Å². The third-order valence-corrected chi connectivity index (χ3v) is 4.39. The Morgan fingerprint density at radius 1 is 1.26 bits per heavy atom. The monoisotopic (exact) mass is 263 g/mol. The third-order valence-electron chi connectivity index (χ3n) is 4.39. The van der Waals surface area contributed by atoms with Crippen molar-refractivity contribution in [3.63, 3.8) is 0 Å². The highest BCUT2D eigenvalue weighted by molar-refractivity contribution is 5.46. The van der Waals surface area contributed by atoms with Crippen LogP contribution in [0.2, 0.25) is 0 Å². The number of rotatable bonds is 3. The second-order valence-electron chi connectivity index (χ2n) is 5.29. The first-order chi connectivity index (χ1) is 9.27. The van der Waals surface area contributed by atoms with E-state index in [0.29, 0.717) is 13.2 Å². The van der Waals surface area contributed by atoms with E-state index >= 15 is 0 Å². The Bertz CT molecular complexity index is 455. The first-order valence-electron chi connectivity index (χ1n) is 6.90. The predicted molar refractivity (Wildman–Crippen MR) is 72.4 cm³/mol. The van der Waals surface area contributed by atoms with Crippen LogP contribution in [0.25, 0.3) is 0 Å². The highest BCUT2D eigenvalue weighted by Gasteiger charge is 2.41. The summed E-state index contributed by atoms with van der Waals surface area (Å²) < 4.78 is 17.0. The maximum absolute atomic E-state index is 6.53. The zero-order chi connectivity index (χ0) is 13.3. The maximum atomic E-state index is 6.53. The number of hydrogen-bond acceptors (Lipinski definition) is 4. The van der Waals surface area contributed by atoms with E-state index in [1.807, 2.05) is 0 Å². The molecule has 1 aromatic rings. The fourth-order valence-electron chi connectivity index (χ4n) is 3.13. The van der Waals surface area contributed by atoms with Crippen LogP contribution in [0.3, 0.4) is 0 Å². The number of hydrogen-bond donors (Lipinski definition) is 1. The molecule has 104 valence electrons. The summed E-state index contributed by atoms with van der Waals surface area (Å²) in [5, 5.41) is 0. The summed E-state index contributed by atoms with van der Waals surface area (Å²) in [6.45, 7) is 2.16. The quantitative estimate of drug-likeness (QED) is 0.903. The van der Waals surface area contributed by atoms with Gasteiger partial charge >= 0.3 is 0 Å². The number of nitrogens with two attached hydrogens (primary N) is 1. The minimum Gasteiger partial charge on any atom is -0.493 e. The van der Waals surface area contributed by atoms with Gasteiger partial charge in [-0.05, 0) is 5.56 Å². The van der Waals surface area contributed by atoms with E-state index in [-0.39, 0.29) is 11.6 Å². The molecule has 0 radical (unpaired) electrons. The van der Waals surface area contributed by atoms with Crippen molar-refractivity contribution in [1.82, 2.24) is 0 Å². The molecular weight excluding hydrogens is 242 g/mol. The minimum atomic E-state index is -0.334. The molecule has 2 heterocycles. The van der Waals surface area contributed by atoms with Crippen molar-refractivity contribution in [3.8, 4) is 5.75 Å². The van der Waals surface area contributed by atoms with Crippen LogP contribution in [0.5, 0.6) is 5.75 Å². The lowest BCUT2D eigenvalue weighted by atomic mass is 9.82. The minimum absolute atomic E-state index is 0.172. The molecule has 2 aliphatic heterocycles. The van der Waals surface area contributed by atoms with Crippen LogP contribution in [0.15, 0.2) is 18.2 Å². The number of benzene rings is 1. The summed E-state index contributed by atoms with van der Waals surface area (Å²) in [7, 11) is 1.75. The molecule has 0 amide bonds. The molecule has 2 N–H and O–H groups in total. The van der Waals surface area contributed by atoms with Gasteiger partial charge in [0.1, 0.15) is 5.75 Å². The molecule has 0 aromatic heterocycles. The van der Waals surface area contributed by atoms with Crippen molar-refractivity contribution in [2.75, 3.05) is 26.9 Å². The van der Waals surface area contributed by atoms with E-state index in [0.717, 1.165) is 37.2 Å². The van der Waals surface area contributed by atoms with Crippen molar-refractivity contribution in [2.45, 2.75) is 30.9 Å². The Labute approximate surface area is 113 Å². The summed E-state index contributed by atoms with van der Waals surface area (Å²) in [5.41, 5.74) is 8.52. The Morgan fingerprint density at radius 3 is 2.79 bits per heavy atom. The van der Waals surface area contributed by atoms with E-state index in [1.54, 1.807) is 7.11 Å². The molecule has 4 heteroatoms. The Morgan fingerprint density at radius 2 is 2.05 bits per heavy atom. The smallest absolute Gasteiger partial charge is 0.127 e. The maximum Gasteiger partial charge on any atom is 0.127 e. The molecule has 1 fully saturated rings. The summed E-state index contributed by atoms with van der Waals surface area (Å²) in [5.74, 6) is 0.970. The van der Waals surface area contributed by atoms with E-state index in [2.05, 4.69) is 18.2 Å². The van der Waals surface area contributed by atoms with Crippen LogP contribution in [-0.2, 0) is 15.9 Å². The van der Waals surface area contributed by atoms with E-state index < -0.39 is 0 Å². The topological polar surface area (TPSA) is 53.7 Å². The molecule has 2 aliphatic rings. The fraction of sp³-hybridized carbons (Fsp3) is 0.600. The molecule has 1 atom stereocenters. The largest absolute Gasteiger partial charge is 0.493 e. The van der Waals surface area contributed by atoms with E-state index in [9.17, 15) is 0 Å². The van der Waals surface area contributed by atoms with Gasteiger partial charge in [0.25, 0.3) is 0 Å². The van der Waals surface area contributed by atoms with Gasteiger partial charge in [-0.1, -0.05) is 18.2 Å². The van der Waals surface area contributed by atoms with Gasteiger partial charge in [0.05, 0.1) is 18.2 Å². The number of para-hydroxylation sites is 1. The molecule has 0 saturated carbocycles. The Kier molecular flexibility index (Phi) is 3.48. The second kappa shape index (κ2) is 5.12. The number of fused-ring (bicyclic) bond motifs is 1. The number of methoxy groups -OCH3 is 1. The van der Waals surface area contributed by atoms with Crippen LogP contribution in [0.1, 0.15) is 30.0 Å². The molecule has 0 spiro atoms. The van der Waals surface area contributed by atoms with Crippen LogP contribution in [-0.4, -0.2) is 32.5 Å². The molecule has 0 aliphatic carbocycles. The van der Waals surface area contributed by atoms with Gasteiger partial charge in [0.15, 0.2) is 0 Å². The van der Waals surface area contributed by atoms with Crippen LogP contribution in [0, 0.1) is 0 Å². The SMILES string of the molecule is COC1(C(N)c2cccc3c2OCC3)CCOCC1.